The fraction of sp³-hybridized carbons (Fsp3) is 0.300. The Morgan fingerprint density at radius 1 is 1.47 bits per heavy atom. The molecule has 0 aliphatic heterocycles. The van der Waals surface area contributed by atoms with Crippen molar-refractivity contribution >= 4 is 33.0 Å². The number of sulfone groups is 1. The van der Waals surface area contributed by atoms with E-state index in [1.165, 1.54) is 32.2 Å². The van der Waals surface area contributed by atoms with Gasteiger partial charge in [-0.3, -0.25) is 4.79 Å². The molecule has 0 heterocycles. The van der Waals surface area contributed by atoms with Crippen LogP contribution in [0.5, 0.6) is 0 Å². The van der Waals surface area contributed by atoms with Gasteiger partial charge in [-0.2, -0.15) is 0 Å². The van der Waals surface area contributed by atoms with Crippen LogP contribution in [0.15, 0.2) is 23.1 Å². The van der Waals surface area contributed by atoms with Crippen molar-refractivity contribution in [3.05, 3.63) is 23.2 Å². The number of rotatable bonds is 3. The summed E-state index contributed by atoms with van der Waals surface area (Å²) in [7, 11) is -2.42. The lowest BCUT2D eigenvalue weighted by Crippen LogP contribution is -2.35. The highest BCUT2D eigenvalue weighted by molar-refractivity contribution is 7.92. The number of hydrogen-bond acceptors (Lipinski definition) is 4. The van der Waals surface area contributed by atoms with E-state index in [4.69, 9.17) is 17.3 Å². The Labute approximate surface area is 105 Å². The van der Waals surface area contributed by atoms with Crippen molar-refractivity contribution in [3.8, 4) is 0 Å². The second-order valence-corrected chi connectivity index (χ2v) is 6.14. The Balaban J connectivity index is 3.27. The molecule has 1 amide bonds. The Hall–Kier alpha value is -1.27. The van der Waals surface area contributed by atoms with Gasteiger partial charge < -0.3 is 11.1 Å². The maximum Gasteiger partial charge on any atom is 0.238 e. The molecule has 0 saturated carbocycles. The van der Waals surface area contributed by atoms with Crippen molar-refractivity contribution in [3.63, 3.8) is 0 Å². The molecule has 0 fully saturated rings. The highest BCUT2D eigenvalue weighted by atomic mass is 35.5. The van der Waals surface area contributed by atoms with E-state index in [1.807, 2.05) is 0 Å². The zero-order valence-electron chi connectivity index (χ0n) is 9.40. The summed E-state index contributed by atoms with van der Waals surface area (Å²) in [6.45, 7) is 1.31. The first-order valence-electron chi connectivity index (χ1n) is 4.81. The molecule has 0 aliphatic carbocycles. The molecule has 1 aromatic rings. The molecule has 0 aromatic heterocycles. The van der Waals surface area contributed by atoms with Crippen molar-refractivity contribution in [1.29, 1.82) is 0 Å². The van der Waals surface area contributed by atoms with Gasteiger partial charge in [0.25, 0.3) is 0 Å². The lowest BCUT2D eigenvalue weighted by molar-refractivity contribution is -0.119. The number of nitrogens with one attached hydrogen (secondary N) is 1. The van der Waals surface area contributed by atoms with Crippen molar-refractivity contribution in [1.82, 2.24) is 5.32 Å². The van der Waals surface area contributed by atoms with E-state index >= 15 is 0 Å². The summed E-state index contributed by atoms with van der Waals surface area (Å²) in [4.78, 5) is 11.3. The minimum atomic E-state index is -3.80. The molecular formula is C10H13ClN2O3S. The Bertz CT molecular complexity index is 542. The van der Waals surface area contributed by atoms with Crippen LogP contribution in [0.1, 0.15) is 6.92 Å². The van der Waals surface area contributed by atoms with Crippen LogP contribution in [0.2, 0.25) is 5.02 Å². The van der Waals surface area contributed by atoms with E-state index in [0.29, 0.717) is 5.69 Å². The Morgan fingerprint density at radius 2 is 2.06 bits per heavy atom. The predicted molar refractivity (Wildman–Crippen MR) is 66.6 cm³/mol. The van der Waals surface area contributed by atoms with Crippen LogP contribution in [-0.2, 0) is 14.6 Å². The Kier molecular flexibility index (Phi) is 4.00. The third-order valence-electron chi connectivity index (χ3n) is 2.34. The van der Waals surface area contributed by atoms with E-state index < -0.39 is 21.0 Å². The summed E-state index contributed by atoms with van der Waals surface area (Å²) < 4.78 is 24.2. The highest BCUT2D eigenvalue weighted by Crippen LogP contribution is 2.26. The maximum absolute atomic E-state index is 12.1. The molecule has 0 bridgehead atoms. The molecule has 0 spiro atoms. The third kappa shape index (κ3) is 2.70. The SMILES string of the molecule is CNC(=O)C(C)S(=O)(=O)c1ccc(N)cc1Cl. The first kappa shape index (κ1) is 13.8. The molecule has 1 unspecified atom stereocenters. The van der Waals surface area contributed by atoms with E-state index in [1.54, 1.807) is 0 Å². The summed E-state index contributed by atoms with van der Waals surface area (Å²) >= 11 is 5.82. The minimum absolute atomic E-state index is 0.0146. The first-order valence-corrected chi connectivity index (χ1v) is 6.73. The average Bonchev–Trinajstić information content (AvgIpc) is 2.26. The molecule has 0 radical (unpaired) electrons. The fourth-order valence-electron chi connectivity index (χ4n) is 1.28. The number of nitrogen functional groups attached to an aromatic ring is 1. The molecule has 17 heavy (non-hydrogen) atoms. The van der Waals surface area contributed by atoms with Crippen LogP contribution in [-0.4, -0.2) is 26.6 Å². The number of anilines is 1. The molecule has 1 rings (SSSR count). The maximum atomic E-state index is 12.1. The minimum Gasteiger partial charge on any atom is -0.399 e. The molecule has 1 aromatic carbocycles. The fourth-order valence-corrected chi connectivity index (χ4v) is 3.16. The number of amides is 1. The number of carbonyl (C=O) groups is 1. The molecule has 3 N–H and O–H groups in total. The molecule has 1 atom stereocenters. The van der Waals surface area contributed by atoms with Crippen LogP contribution in [0.3, 0.4) is 0 Å². The van der Waals surface area contributed by atoms with E-state index in [9.17, 15) is 13.2 Å². The van der Waals surface area contributed by atoms with Gasteiger partial charge in [0.1, 0.15) is 5.25 Å². The topological polar surface area (TPSA) is 89.3 Å². The summed E-state index contributed by atoms with van der Waals surface area (Å²) in [5, 5.41) is 1.10. The number of hydrogen-bond donors (Lipinski definition) is 2. The number of nitrogens with two attached hydrogens (primary N) is 1. The Morgan fingerprint density at radius 3 is 2.53 bits per heavy atom. The van der Waals surface area contributed by atoms with Gasteiger partial charge in [0.05, 0.1) is 9.92 Å². The van der Waals surface area contributed by atoms with Crippen molar-refractivity contribution in [2.45, 2.75) is 17.1 Å². The van der Waals surface area contributed by atoms with Gasteiger partial charge in [0, 0.05) is 12.7 Å². The summed E-state index contributed by atoms with van der Waals surface area (Å²) in [6, 6.07) is 4.06. The lowest BCUT2D eigenvalue weighted by atomic mass is 10.3. The number of halogens is 1. The van der Waals surface area contributed by atoms with Gasteiger partial charge in [-0.15, -0.1) is 0 Å². The van der Waals surface area contributed by atoms with Crippen LogP contribution in [0.25, 0.3) is 0 Å². The van der Waals surface area contributed by atoms with Gasteiger partial charge >= 0.3 is 0 Å². The van der Waals surface area contributed by atoms with E-state index in [2.05, 4.69) is 5.32 Å². The van der Waals surface area contributed by atoms with E-state index in [0.717, 1.165) is 0 Å². The van der Waals surface area contributed by atoms with Gasteiger partial charge in [-0.25, -0.2) is 8.42 Å². The summed E-state index contributed by atoms with van der Waals surface area (Å²) in [5.74, 6) is -0.585. The summed E-state index contributed by atoms with van der Waals surface area (Å²) in [6.07, 6.45) is 0. The molecule has 0 saturated heterocycles. The van der Waals surface area contributed by atoms with Gasteiger partial charge in [-0.05, 0) is 25.1 Å². The molecule has 94 valence electrons. The van der Waals surface area contributed by atoms with Crippen molar-refractivity contribution < 1.29 is 13.2 Å². The standard InChI is InChI=1S/C10H13ClN2O3S/c1-6(10(14)13-2)17(15,16)9-4-3-7(12)5-8(9)11/h3-6H,12H2,1-2H3,(H,13,14). The average molecular weight is 277 g/mol. The lowest BCUT2D eigenvalue weighted by Gasteiger charge is -2.12. The zero-order valence-corrected chi connectivity index (χ0v) is 11.0. The van der Waals surface area contributed by atoms with Crippen molar-refractivity contribution in [2.75, 3.05) is 12.8 Å². The monoisotopic (exact) mass is 276 g/mol. The van der Waals surface area contributed by atoms with Crippen LogP contribution in [0, 0.1) is 0 Å². The first-order chi connectivity index (χ1) is 7.80. The van der Waals surface area contributed by atoms with Gasteiger partial charge in [0.15, 0.2) is 9.84 Å². The van der Waals surface area contributed by atoms with Crippen LogP contribution >= 0.6 is 11.6 Å². The normalized spacial score (nSPS) is 13.1. The van der Waals surface area contributed by atoms with E-state index in [-0.39, 0.29) is 9.92 Å². The summed E-state index contributed by atoms with van der Waals surface area (Å²) in [5.41, 5.74) is 5.84. The van der Waals surface area contributed by atoms with Gasteiger partial charge in [-0.1, -0.05) is 11.6 Å². The van der Waals surface area contributed by atoms with Crippen molar-refractivity contribution in [2.24, 2.45) is 0 Å². The largest absolute Gasteiger partial charge is 0.399 e. The second-order valence-electron chi connectivity index (χ2n) is 3.49. The molecule has 0 aliphatic rings. The van der Waals surface area contributed by atoms with Crippen LogP contribution < -0.4 is 11.1 Å². The second kappa shape index (κ2) is 4.93. The number of benzene rings is 1. The predicted octanol–water partition coefficient (Wildman–Crippen LogP) is 0.830. The van der Waals surface area contributed by atoms with Gasteiger partial charge in [0.2, 0.25) is 5.91 Å². The molecule has 5 nitrogen and oxygen atoms in total. The number of carbonyl (C=O) groups excluding carboxylic acids is 1. The molecular weight excluding hydrogens is 264 g/mol. The quantitative estimate of drug-likeness (QED) is 0.800. The smallest absolute Gasteiger partial charge is 0.238 e. The third-order valence-corrected chi connectivity index (χ3v) is 4.88. The molecule has 7 heteroatoms. The van der Waals surface area contributed by atoms with Crippen LogP contribution in [0.4, 0.5) is 5.69 Å². The zero-order chi connectivity index (χ0) is 13.2. The highest BCUT2D eigenvalue weighted by Gasteiger charge is 2.30.